The molecule has 0 aliphatic carbocycles. The third kappa shape index (κ3) is 2.79. The Morgan fingerprint density at radius 3 is 2.61 bits per heavy atom. The average molecular weight is 328 g/mol. The van der Waals surface area contributed by atoms with Crippen LogP contribution in [0.1, 0.15) is 15.9 Å². The van der Waals surface area contributed by atoms with Gasteiger partial charge in [0.2, 0.25) is 0 Å². The van der Waals surface area contributed by atoms with E-state index in [1.165, 1.54) is 6.07 Å². The van der Waals surface area contributed by atoms with Gasteiger partial charge in [-0.25, -0.2) is 4.39 Å². The monoisotopic (exact) mass is 326 g/mol. The van der Waals surface area contributed by atoms with E-state index in [9.17, 15) is 9.18 Å². The van der Waals surface area contributed by atoms with E-state index in [0.717, 1.165) is 0 Å². The highest BCUT2D eigenvalue weighted by atomic mass is 79.9. The normalized spacial score (nSPS) is 10.4. The van der Waals surface area contributed by atoms with Crippen LogP contribution in [0.5, 0.6) is 0 Å². The quantitative estimate of drug-likeness (QED) is 0.749. The largest absolute Gasteiger partial charge is 0.294 e. The highest BCUT2D eigenvalue weighted by Gasteiger charge is 2.14. The summed E-state index contributed by atoms with van der Waals surface area (Å²) < 4.78 is 14.4. The molecule has 0 radical (unpaired) electrons. The van der Waals surface area contributed by atoms with Crippen molar-refractivity contribution in [3.05, 3.63) is 68.9 Å². The Labute approximate surface area is 118 Å². The Balaban J connectivity index is 2.27. The standard InChI is InChI=1S/C14H9BrClFO/c15-11-6-2-1-5-10(11)13(18)8-9-4-3-7-12(16)14(9)17/h1-7H,8H2. The molecule has 2 aromatic rings. The molecule has 4 heteroatoms. The number of carbonyl (C=O) groups is 1. The summed E-state index contributed by atoms with van der Waals surface area (Å²) in [4.78, 5) is 12.1. The number of benzene rings is 2. The molecule has 0 saturated carbocycles. The SMILES string of the molecule is O=C(Cc1cccc(Cl)c1F)c1ccccc1Br. The fourth-order valence-electron chi connectivity index (χ4n) is 1.64. The summed E-state index contributed by atoms with van der Waals surface area (Å²) in [7, 11) is 0. The van der Waals surface area contributed by atoms with E-state index in [0.29, 0.717) is 15.6 Å². The van der Waals surface area contributed by atoms with Crippen molar-refractivity contribution in [2.75, 3.05) is 0 Å². The summed E-state index contributed by atoms with van der Waals surface area (Å²) in [5, 5.41) is 0.0347. The van der Waals surface area contributed by atoms with E-state index in [2.05, 4.69) is 15.9 Å². The van der Waals surface area contributed by atoms with Crippen LogP contribution in [0.2, 0.25) is 5.02 Å². The molecule has 18 heavy (non-hydrogen) atoms. The van der Waals surface area contributed by atoms with E-state index in [4.69, 9.17) is 11.6 Å². The molecule has 2 rings (SSSR count). The van der Waals surface area contributed by atoms with E-state index in [-0.39, 0.29) is 17.2 Å². The fraction of sp³-hybridized carbons (Fsp3) is 0.0714. The minimum absolute atomic E-state index is 0.00495. The second-order valence-corrected chi connectivity index (χ2v) is 5.05. The highest BCUT2D eigenvalue weighted by molar-refractivity contribution is 9.10. The minimum atomic E-state index is -0.528. The molecule has 1 nitrogen and oxygen atoms in total. The molecule has 0 heterocycles. The Bertz CT molecular complexity index is 598. The van der Waals surface area contributed by atoms with Crippen molar-refractivity contribution in [2.45, 2.75) is 6.42 Å². The van der Waals surface area contributed by atoms with Crippen molar-refractivity contribution in [3.63, 3.8) is 0 Å². The highest BCUT2D eigenvalue weighted by Crippen LogP contribution is 2.22. The summed E-state index contributed by atoms with van der Waals surface area (Å²) in [5.41, 5.74) is 0.847. The first-order valence-corrected chi connectivity index (χ1v) is 6.47. The van der Waals surface area contributed by atoms with Crippen LogP contribution < -0.4 is 0 Å². The molecule has 0 bridgehead atoms. The third-order valence-electron chi connectivity index (χ3n) is 2.56. The van der Waals surface area contributed by atoms with Gasteiger partial charge in [0, 0.05) is 16.5 Å². The van der Waals surface area contributed by atoms with Crippen molar-refractivity contribution in [2.24, 2.45) is 0 Å². The maximum Gasteiger partial charge on any atom is 0.168 e. The average Bonchev–Trinajstić information content (AvgIpc) is 2.35. The van der Waals surface area contributed by atoms with Gasteiger partial charge in [-0.1, -0.05) is 57.9 Å². The van der Waals surface area contributed by atoms with Crippen LogP contribution in [0, 0.1) is 5.82 Å². The molecule has 0 spiro atoms. The van der Waals surface area contributed by atoms with Gasteiger partial charge in [-0.2, -0.15) is 0 Å². The lowest BCUT2D eigenvalue weighted by atomic mass is 10.0. The zero-order chi connectivity index (χ0) is 13.1. The van der Waals surface area contributed by atoms with Crippen molar-refractivity contribution in [1.29, 1.82) is 0 Å². The van der Waals surface area contributed by atoms with Crippen LogP contribution in [-0.4, -0.2) is 5.78 Å². The zero-order valence-electron chi connectivity index (χ0n) is 9.29. The summed E-state index contributed by atoms with van der Waals surface area (Å²) in [6, 6.07) is 11.7. The van der Waals surface area contributed by atoms with Crippen molar-refractivity contribution >= 4 is 33.3 Å². The molecule has 0 amide bonds. The number of hydrogen-bond acceptors (Lipinski definition) is 1. The summed E-state index contributed by atoms with van der Waals surface area (Å²) in [6.45, 7) is 0. The predicted molar refractivity (Wildman–Crippen MR) is 73.6 cm³/mol. The molecule has 0 N–H and O–H groups in total. The lowest BCUT2D eigenvalue weighted by Crippen LogP contribution is -2.06. The van der Waals surface area contributed by atoms with Gasteiger partial charge in [0.15, 0.2) is 5.78 Å². The number of halogens is 3. The number of rotatable bonds is 3. The van der Waals surface area contributed by atoms with Gasteiger partial charge >= 0.3 is 0 Å². The molecular formula is C14H9BrClFO. The van der Waals surface area contributed by atoms with Crippen LogP contribution in [0.4, 0.5) is 4.39 Å². The molecule has 0 fully saturated rings. The van der Waals surface area contributed by atoms with Crippen molar-refractivity contribution in [1.82, 2.24) is 0 Å². The summed E-state index contributed by atoms with van der Waals surface area (Å²) in [5.74, 6) is -0.678. The van der Waals surface area contributed by atoms with Gasteiger partial charge in [0.1, 0.15) is 5.82 Å². The first kappa shape index (κ1) is 13.2. The maximum absolute atomic E-state index is 13.7. The van der Waals surface area contributed by atoms with E-state index in [1.807, 2.05) is 6.07 Å². The zero-order valence-corrected chi connectivity index (χ0v) is 11.6. The van der Waals surface area contributed by atoms with Gasteiger partial charge < -0.3 is 0 Å². The molecule has 0 aliphatic heterocycles. The van der Waals surface area contributed by atoms with Crippen LogP contribution in [0.25, 0.3) is 0 Å². The number of carbonyl (C=O) groups excluding carboxylic acids is 1. The fourth-order valence-corrected chi connectivity index (χ4v) is 2.34. The first-order chi connectivity index (χ1) is 8.59. The van der Waals surface area contributed by atoms with Gasteiger partial charge in [-0.05, 0) is 17.7 Å². The van der Waals surface area contributed by atoms with Crippen molar-refractivity contribution < 1.29 is 9.18 Å². The maximum atomic E-state index is 13.7. The second kappa shape index (κ2) is 5.63. The van der Waals surface area contributed by atoms with Crippen LogP contribution >= 0.6 is 27.5 Å². The minimum Gasteiger partial charge on any atom is -0.294 e. The van der Waals surface area contributed by atoms with Crippen molar-refractivity contribution in [3.8, 4) is 0 Å². The Morgan fingerprint density at radius 2 is 1.89 bits per heavy atom. The molecule has 0 atom stereocenters. The van der Waals surface area contributed by atoms with E-state index in [1.54, 1.807) is 30.3 Å². The number of ketones is 1. The van der Waals surface area contributed by atoms with Crippen LogP contribution in [0.3, 0.4) is 0 Å². The lowest BCUT2D eigenvalue weighted by Gasteiger charge is -2.05. The second-order valence-electron chi connectivity index (χ2n) is 3.79. The summed E-state index contributed by atoms with van der Waals surface area (Å²) in [6.07, 6.45) is -0.00495. The van der Waals surface area contributed by atoms with Crippen LogP contribution in [0.15, 0.2) is 46.9 Å². The molecule has 0 saturated heterocycles. The molecular weight excluding hydrogens is 319 g/mol. The van der Waals surface area contributed by atoms with Crippen LogP contribution in [-0.2, 0) is 6.42 Å². The molecule has 0 unspecified atom stereocenters. The van der Waals surface area contributed by atoms with Gasteiger partial charge in [0.05, 0.1) is 5.02 Å². The lowest BCUT2D eigenvalue weighted by molar-refractivity contribution is 0.0991. The summed E-state index contributed by atoms with van der Waals surface area (Å²) >= 11 is 8.98. The smallest absolute Gasteiger partial charge is 0.168 e. The molecule has 2 aromatic carbocycles. The predicted octanol–water partition coefficient (Wildman–Crippen LogP) is 4.67. The van der Waals surface area contributed by atoms with Gasteiger partial charge in [-0.3, -0.25) is 4.79 Å². The molecule has 92 valence electrons. The van der Waals surface area contributed by atoms with E-state index >= 15 is 0 Å². The number of hydrogen-bond donors (Lipinski definition) is 0. The van der Waals surface area contributed by atoms with Gasteiger partial charge in [-0.15, -0.1) is 0 Å². The molecule has 0 aromatic heterocycles. The topological polar surface area (TPSA) is 17.1 Å². The third-order valence-corrected chi connectivity index (χ3v) is 3.54. The Hall–Kier alpha value is -1.19. The van der Waals surface area contributed by atoms with E-state index < -0.39 is 5.82 Å². The van der Waals surface area contributed by atoms with Gasteiger partial charge in [0.25, 0.3) is 0 Å². The number of Topliss-reactive ketones (excluding diaryl/α,β-unsaturated/α-hetero) is 1. The molecule has 0 aliphatic rings. The Morgan fingerprint density at radius 1 is 1.17 bits per heavy atom. The first-order valence-electron chi connectivity index (χ1n) is 5.30. The Kier molecular flexibility index (Phi) is 4.15.